The van der Waals surface area contributed by atoms with Gasteiger partial charge in [0.2, 0.25) is 0 Å². The molecule has 0 unspecified atom stereocenters. The minimum Gasteiger partial charge on any atom is -0.490 e. The van der Waals surface area contributed by atoms with Crippen LogP contribution in [-0.2, 0) is 0 Å². The van der Waals surface area contributed by atoms with Gasteiger partial charge in [-0.3, -0.25) is 4.79 Å². The van der Waals surface area contributed by atoms with Gasteiger partial charge in [0.25, 0.3) is 5.91 Å². The molecule has 28 heavy (non-hydrogen) atoms. The number of rotatable bonds is 7. The lowest BCUT2D eigenvalue weighted by atomic mass is 10.0. The molecular formula is C24H36N2O2. The predicted octanol–water partition coefficient (Wildman–Crippen LogP) is 4.90. The quantitative estimate of drug-likeness (QED) is 0.627. The average Bonchev–Trinajstić information content (AvgIpc) is 2.73. The van der Waals surface area contributed by atoms with Crippen LogP contribution >= 0.6 is 0 Å². The first-order chi connectivity index (χ1) is 13.5. The van der Waals surface area contributed by atoms with Gasteiger partial charge in [0.05, 0.1) is 0 Å². The third-order valence-corrected chi connectivity index (χ3v) is 6.14. The van der Waals surface area contributed by atoms with Crippen LogP contribution in [0, 0.1) is 0 Å². The van der Waals surface area contributed by atoms with Crippen LogP contribution < -0.4 is 4.74 Å². The van der Waals surface area contributed by atoms with Crippen molar-refractivity contribution in [2.75, 3.05) is 26.2 Å². The van der Waals surface area contributed by atoms with Gasteiger partial charge >= 0.3 is 0 Å². The topological polar surface area (TPSA) is 32.8 Å². The minimum absolute atomic E-state index is 0.156. The highest BCUT2D eigenvalue weighted by Gasteiger charge is 2.24. The highest BCUT2D eigenvalue weighted by Crippen LogP contribution is 2.23. The molecule has 0 saturated carbocycles. The molecule has 1 aromatic carbocycles. The number of piperidine rings is 2. The molecule has 0 N–H and O–H groups in total. The molecule has 4 heteroatoms. The van der Waals surface area contributed by atoms with Crippen LogP contribution in [0.1, 0.15) is 69.2 Å². The van der Waals surface area contributed by atoms with Crippen LogP contribution in [0.5, 0.6) is 5.75 Å². The first-order valence-corrected chi connectivity index (χ1v) is 11.0. The Morgan fingerprint density at radius 1 is 1.11 bits per heavy atom. The molecular weight excluding hydrogens is 348 g/mol. The van der Waals surface area contributed by atoms with Crippen LogP contribution in [0.4, 0.5) is 0 Å². The SMILES string of the molecule is C=C(C)CC[C@@H](C)N1CCC(Oc2ccc(C(=O)N3CCCCC3)cc2)CC1. The number of carbonyl (C=O) groups excluding carboxylic acids is 1. The summed E-state index contributed by atoms with van der Waals surface area (Å²) in [5, 5.41) is 0. The number of hydrogen-bond acceptors (Lipinski definition) is 3. The third kappa shape index (κ3) is 5.84. The summed E-state index contributed by atoms with van der Waals surface area (Å²) in [7, 11) is 0. The Hall–Kier alpha value is -1.81. The number of likely N-dealkylation sites (tertiary alicyclic amines) is 2. The molecule has 0 aromatic heterocycles. The summed E-state index contributed by atoms with van der Waals surface area (Å²) in [4.78, 5) is 17.1. The monoisotopic (exact) mass is 384 g/mol. The molecule has 2 fully saturated rings. The van der Waals surface area contributed by atoms with E-state index in [1.54, 1.807) is 0 Å². The van der Waals surface area contributed by atoms with Gasteiger partial charge < -0.3 is 14.5 Å². The molecule has 2 aliphatic heterocycles. The normalized spacial score (nSPS) is 20.0. The highest BCUT2D eigenvalue weighted by molar-refractivity contribution is 5.94. The Morgan fingerprint density at radius 2 is 1.75 bits per heavy atom. The van der Waals surface area contributed by atoms with Crippen molar-refractivity contribution < 1.29 is 9.53 Å². The summed E-state index contributed by atoms with van der Waals surface area (Å²) in [6, 6.07) is 8.36. The van der Waals surface area contributed by atoms with Gasteiger partial charge in [-0.15, -0.1) is 6.58 Å². The van der Waals surface area contributed by atoms with Crippen LogP contribution in [0.3, 0.4) is 0 Å². The molecule has 2 heterocycles. The Bertz CT molecular complexity index is 641. The lowest BCUT2D eigenvalue weighted by molar-refractivity contribution is 0.0723. The molecule has 0 bridgehead atoms. The van der Waals surface area contributed by atoms with Gasteiger partial charge in [0, 0.05) is 37.8 Å². The first kappa shape index (κ1) is 20.9. The van der Waals surface area contributed by atoms with Gasteiger partial charge in [-0.1, -0.05) is 5.57 Å². The molecule has 2 saturated heterocycles. The predicted molar refractivity (Wildman–Crippen MR) is 115 cm³/mol. The van der Waals surface area contributed by atoms with Crippen molar-refractivity contribution in [2.24, 2.45) is 0 Å². The van der Waals surface area contributed by atoms with E-state index in [9.17, 15) is 4.79 Å². The molecule has 154 valence electrons. The lowest BCUT2D eigenvalue weighted by Crippen LogP contribution is -2.43. The number of nitrogens with zero attached hydrogens (tertiary/aromatic N) is 2. The smallest absolute Gasteiger partial charge is 0.253 e. The fraction of sp³-hybridized carbons (Fsp3) is 0.625. The standard InChI is InChI=1S/C24H36N2O2/c1-19(2)7-8-20(3)25-17-13-23(14-18-25)28-22-11-9-21(10-12-22)24(27)26-15-5-4-6-16-26/h9-12,20,23H,1,4-8,13-18H2,2-3H3/t20-/m1/s1. The molecule has 1 atom stereocenters. The van der Waals surface area contributed by atoms with Crippen molar-refractivity contribution in [3.05, 3.63) is 42.0 Å². The number of allylic oxidation sites excluding steroid dienone is 1. The molecule has 1 amide bonds. The maximum absolute atomic E-state index is 12.6. The van der Waals surface area contributed by atoms with E-state index in [4.69, 9.17) is 4.74 Å². The van der Waals surface area contributed by atoms with Crippen molar-refractivity contribution in [2.45, 2.75) is 70.9 Å². The lowest BCUT2D eigenvalue weighted by Gasteiger charge is -2.36. The Labute approximate surface area is 170 Å². The zero-order valence-corrected chi connectivity index (χ0v) is 17.7. The van der Waals surface area contributed by atoms with E-state index >= 15 is 0 Å². The van der Waals surface area contributed by atoms with E-state index in [-0.39, 0.29) is 12.0 Å². The molecule has 1 aromatic rings. The summed E-state index contributed by atoms with van der Waals surface area (Å²) >= 11 is 0. The number of carbonyl (C=O) groups is 1. The fourth-order valence-electron chi connectivity index (χ4n) is 4.22. The van der Waals surface area contributed by atoms with Gasteiger partial charge in [-0.2, -0.15) is 0 Å². The summed E-state index contributed by atoms with van der Waals surface area (Å²) in [6.07, 6.45) is 8.18. The summed E-state index contributed by atoms with van der Waals surface area (Å²) in [6.45, 7) is 12.4. The average molecular weight is 385 g/mol. The van der Waals surface area contributed by atoms with E-state index < -0.39 is 0 Å². The summed E-state index contributed by atoms with van der Waals surface area (Å²) < 4.78 is 6.20. The van der Waals surface area contributed by atoms with E-state index in [0.717, 1.165) is 69.6 Å². The van der Waals surface area contributed by atoms with Crippen molar-refractivity contribution >= 4 is 5.91 Å². The molecule has 0 aliphatic carbocycles. The van der Waals surface area contributed by atoms with Gasteiger partial charge in [-0.05, 0) is 83.1 Å². The minimum atomic E-state index is 0.156. The van der Waals surface area contributed by atoms with Crippen LogP contribution in [0.25, 0.3) is 0 Å². The second kappa shape index (κ2) is 10.1. The second-order valence-corrected chi connectivity index (χ2v) is 8.58. The molecule has 3 rings (SSSR count). The van der Waals surface area contributed by atoms with Crippen LogP contribution in [0.2, 0.25) is 0 Å². The largest absolute Gasteiger partial charge is 0.490 e. The maximum atomic E-state index is 12.6. The van der Waals surface area contributed by atoms with Gasteiger partial charge in [0.15, 0.2) is 0 Å². The number of benzene rings is 1. The van der Waals surface area contributed by atoms with Gasteiger partial charge in [-0.25, -0.2) is 0 Å². The second-order valence-electron chi connectivity index (χ2n) is 8.58. The highest BCUT2D eigenvalue weighted by atomic mass is 16.5. The summed E-state index contributed by atoms with van der Waals surface area (Å²) in [5.74, 6) is 1.03. The molecule has 2 aliphatic rings. The van der Waals surface area contributed by atoms with Crippen molar-refractivity contribution in [1.29, 1.82) is 0 Å². The molecule has 4 nitrogen and oxygen atoms in total. The van der Waals surface area contributed by atoms with Crippen molar-refractivity contribution in [3.63, 3.8) is 0 Å². The fourth-order valence-corrected chi connectivity index (χ4v) is 4.22. The van der Waals surface area contributed by atoms with E-state index in [1.807, 2.05) is 29.2 Å². The number of amides is 1. The maximum Gasteiger partial charge on any atom is 0.253 e. The molecule has 0 radical (unpaired) electrons. The van der Waals surface area contributed by atoms with E-state index in [1.165, 1.54) is 18.4 Å². The van der Waals surface area contributed by atoms with Crippen LogP contribution in [0.15, 0.2) is 36.4 Å². The van der Waals surface area contributed by atoms with Crippen molar-refractivity contribution in [1.82, 2.24) is 9.80 Å². The van der Waals surface area contributed by atoms with E-state index in [0.29, 0.717) is 6.04 Å². The summed E-state index contributed by atoms with van der Waals surface area (Å²) in [5.41, 5.74) is 2.04. The zero-order valence-electron chi connectivity index (χ0n) is 17.7. The van der Waals surface area contributed by atoms with Gasteiger partial charge in [0.1, 0.15) is 11.9 Å². The Balaban J connectivity index is 1.45. The van der Waals surface area contributed by atoms with Crippen molar-refractivity contribution in [3.8, 4) is 5.75 Å². The Morgan fingerprint density at radius 3 is 2.36 bits per heavy atom. The van der Waals surface area contributed by atoms with E-state index in [2.05, 4.69) is 25.3 Å². The number of ether oxygens (including phenoxy) is 1. The Kier molecular flexibility index (Phi) is 7.55. The van der Waals surface area contributed by atoms with Crippen LogP contribution in [-0.4, -0.2) is 54.0 Å². The molecule has 0 spiro atoms. The third-order valence-electron chi connectivity index (χ3n) is 6.14. The first-order valence-electron chi connectivity index (χ1n) is 11.0. The number of hydrogen-bond donors (Lipinski definition) is 0. The zero-order chi connectivity index (χ0) is 19.9.